The van der Waals surface area contributed by atoms with Crippen molar-refractivity contribution in [2.24, 2.45) is 5.73 Å². The Labute approximate surface area is 316 Å². The maximum absolute atomic E-state index is 12.9. The van der Waals surface area contributed by atoms with E-state index in [2.05, 4.69) is 28.6 Å². The van der Waals surface area contributed by atoms with Crippen LogP contribution in [-0.4, -0.2) is 104 Å². The second-order valence-corrected chi connectivity index (χ2v) is 14.3. The molecule has 2 fully saturated rings. The summed E-state index contributed by atoms with van der Waals surface area (Å²) in [5.41, 5.74) is 7.16. The van der Waals surface area contributed by atoms with Crippen molar-refractivity contribution in [1.29, 1.82) is 0 Å². The monoisotopic (exact) mass is 761 g/mol. The van der Waals surface area contributed by atoms with Crippen molar-refractivity contribution >= 4 is 54.0 Å². The molecule has 13 nitrogen and oxygen atoms in total. The lowest BCUT2D eigenvalue weighted by molar-refractivity contribution is -0.154. The Balaban J connectivity index is 0.000000353. The average molecular weight is 762 g/mol. The first kappa shape index (κ1) is 44.5. The Bertz CT molecular complexity index is 1400. The molecule has 5 unspecified atom stereocenters. The quantitative estimate of drug-likeness (QED) is 0.0711. The zero-order valence-corrected chi connectivity index (χ0v) is 30.4. The van der Waals surface area contributed by atoms with Gasteiger partial charge in [-0.2, -0.15) is 12.6 Å². The summed E-state index contributed by atoms with van der Waals surface area (Å²) >= 11 is 5.75. The molecule has 2 aromatic rings. The van der Waals surface area contributed by atoms with Crippen molar-refractivity contribution in [2.45, 2.75) is 107 Å². The molecule has 15 heteroatoms. The Kier molecular flexibility index (Phi) is 20.4. The molecule has 5 atom stereocenters. The number of aliphatic hydroxyl groups excluding tert-OH is 1. The topological polar surface area (TPSA) is 211 Å². The zero-order chi connectivity index (χ0) is 37.2. The molecular weight excluding hydrogens is 707 g/mol. The number of amides is 4. The highest BCUT2D eigenvalue weighted by Gasteiger charge is 2.43. The summed E-state index contributed by atoms with van der Waals surface area (Å²) in [5.74, 6) is -1.03. The highest BCUT2D eigenvalue weighted by molar-refractivity contribution is 7.99. The van der Waals surface area contributed by atoms with Crippen LogP contribution in [0.1, 0.15) is 69.9 Å². The molecule has 52 heavy (non-hydrogen) atoms. The van der Waals surface area contributed by atoms with Crippen LogP contribution in [0.2, 0.25) is 0 Å². The van der Waals surface area contributed by atoms with Crippen molar-refractivity contribution in [3.05, 3.63) is 71.8 Å². The number of benzene rings is 2. The highest BCUT2D eigenvalue weighted by Crippen LogP contribution is 2.34. The van der Waals surface area contributed by atoms with Crippen LogP contribution in [-0.2, 0) is 36.8 Å². The van der Waals surface area contributed by atoms with Crippen LogP contribution in [0.25, 0.3) is 0 Å². The summed E-state index contributed by atoms with van der Waals surface area (Å²) in [6.45, 7) is 0.500. The number of carbonyl (C=O) groups is 5. The lowest BCUT2D eigenvalue weighted by atomic mass is 10.00. The first-order valence-corrected chi connectivity index (χ1v) is 19.0. The van der Waals surface area contributed by atoms with Gasteiger partial charge >= 0.3 is 5.97 Å². The predicted molar refractivity (Wildman–Crippen MR) is 205 cm³/mol. The molecule has 2 aliphatic heterocycles. The first-order chi connectivity index (χ1) is 24.5. The molecule has 288 valence electrons. The standard InChI is InChI=1S/C18H29N3O4S.C18H22N2O4S.CH4/c19-10-5-4-8-15(18(24)25)21-17(23)14(9-11-26)20-16(22)12-13-6-2-1-3-7-13;21-15(11-12-5-2-1-3-6-12)19-13-9-10-25-16-8-4-7-14(18(23)24)20(16)17(13)22;/h1-3,6-7,14-15,18,24-26H,4-5,8-12,19H2,(H,20,22)(H,21,23);1-3,5-6,13-14,16H,4,7-11H2,(H,19,21)(H,23,24);1H4. The van der Waals surface area contributed by atoms with Crippen LogP contribution in [0.4, 0.5) is 0 Å². The van der Waals surface area contributed by atoms with E-state index in [1.165, 1.54) is 4.90 Å². The molecule has 4 rings (SSSR count). The van der Waals surface area contributed by atoms with E-state index in [0.717, 1.165) is 36.1 Å². The van der Waals surface area contributed by atoms with Gasteiger partial charge in [-0.25, -0.2) is 4.79 Å². The summed E-state index contributed by atoms with van der Waals surface area (Å²) in [4.78, 5) is 62.9. The minimum Gasteiger partial charge on any atom is -0.480 e. The third-order valence-corrected chi connectivity index (χ3v) is 10.2. The fourth-order valence-corrected chi connectivity index (χ4v) is 7.61. The van der Waals surface area contributed by atoms with Crippen molar-refractivity contribution in [2.75, 3.05) is 18.1 Å². The van der Waals surface area contributed by atoms with Crippen LogP contribution >= 0.6 is 24.4 Å². The second-order valence-electron chi connectivity index (χ2n) is 12.5. The summed E-state index contributed by atoms with van der Waals surface area (Å²) < 4.78 is 0. The number of nitrogens with one attached hydrogen (secondary N) is 3. The number of hydrogen-bond acceptors (Lipinski definition) is 10. The van der Waals surface area contributed by atoms with Gasteiger partial charge in [-0.1, -0.05) is 68.1 Å². The SMILES string of the molecule is C.NCCCCC(NC(=O)C(CCS)NC(=O)Cc1ccccc1)C(O)O.O=C(Cc1ccccc1)NC1CCSC2CCCC(C(=O)O)N2C1=O. The number of carboxylic acid groups (broad SMARTS) is 1. The highest BCUT2D eigenvalue weighted by atomic mass is 32.2. The minimum atomic E-state index is -1.67. The van der Waals surface area contributed by atoms with Gasteiger partial charge in [-0.3, -0.25) is 19.2 Å². The molecule has 0 radical (unpaired) electrons. The number of carbonyl (C=O) groups excluding carboxylic acids is 4. The van der Waals surface area contributed by atoms with Gasteiger partial charge in [0.05, 0.1) is 24.3 Å². The van der Waals surface area contributed by atoms with Gasteiger partial charge in [-0.05, 0) is 80.5 Å². The maximum Gasteiger partial charge on any atom is 0.326 e. The van der Waals surface area contributed by atoms with Crippen LogP contribution in [0.15, 0.2) is 60.7 Å². The van der Waals surface area contributed by atoms with E-state index in [-0.39, 0.29) is 43.4 Å². The number of hydrogen-bond donors (Lipinski definition) is 8. The molecule has 0 saturated carbocycles. The Morgan fingerprint density at radius 2 is 1.50 bits per heavy atom. The average Bonchev–Trinajstić information content (AvgIpc) is 3.26. The first-order valence-electron chi connectivity index (χ1n) is 17.3. The van der Waals surface area contributed by atoms with Gasteiger partial charge in [0.25, 0.3) is 0 Å². The third-order valence-electron chi connectivity index (χ3n) is 8.61. The summed E-state index contributed by atoms with van der Waals surface area (Å²) in [6, 6.07) is 15.6. The van der Waals surface area contributed by atoms with Crippen LogP contribution in [0, 0.1) is 0 Å². The van der Waals surface area contributed by atoms with E-state index in [1.807, 2.05) is 60.7 Å². The number of carboxylic acids is 1. The number of thioether (sulfide) groups is 1. The van der Waals surface area contributed by atoms with Crippen molar-refractivity contribution in [1.82, 2.24) is 20.9 Å². The van der Waals surface area contributed by atoms with Gasteiger partial charge < -0.3 is 41.9 Å². The molecule has 0 bridgehead atoms. The number of piperidine rings is 1. The normalized spacial score (nSPS) is 19.4. The van der Waals surface area contributed by atoms with E-state index < -0.39 is 42.3 Å². The van der Waals surface area contributed by atoms with E-state index >= 15 is 0 Å². The van der Waals surface area contributed by atoms with Gasteiger partial charge in [0.2, 0.25) is 23.6 Å². The van der Waals surface area contributed by atoms with Crippen LogP contribution < -0.4 is 21.7 Å². The number of rotatable bonds is 16. The van der Waals surface area contributed by atoms with E-state index in [0.29, 0.717) is 44.4 Å². The number of fused-ring (bicyclic) bond motifs is 1. The number of nitrogens with zero attached hydrogens (tertiary/aromatic N) is 1. The lowest BCUT2D eigenvalue weighted by Gasteiger charge is -2.39. The molecule has 0 aromatic heterocycles. The molecule has 2 heterocycles. The molecule has 0 aliphatic carbocycles. The van der Waals surface area contributed by atoms with Gasteiger partial charge in [0.1, 0.15) is 18.1 Å². The largest absolute Gasteiger partial charge is 0.480 e. The van der Waals surface area contributed by atoms with Crippen molar-refractivity contribution in [3.63, 3.8) is 0 Å². The third kappa shape index (κ3) is 14.8. The summed E-state index contributed by atoms with van der Waals surface area (Å²) in [5, 5.41) is 36.4. The van der Waals surface area contributed by atoms with E-state index in [4.69, 9.17) is 5.73 Å². The van der Waals surface area contributed by atoms with Crippen LogP contribution in [0.3, 0.4) is 0 Å². The number of thiol groups is 1. The molecule has 0 spiro atoms. The molecule has 2 aromatic carbocycles. The Morgan fingerprint density at radius 3 is 2.06 bits per heavy atom. The van der Waals surface area contributed by atoms with Crippen LogP contribution in [0.5, 0.6) is 0 Å². The van der Waals surface area contributed by atoms with Crippen molar-refractivity contribution < 1.29 is 39.3 Å². The molecule has 8 N–H and O–H groups in total. The van der Waals surface area contributed by atoms with Gasteiger partial charge in [-0.15, -0.1) is 11.8 Å². The Morgan fingerprint density at radius 1 is 0.885 bits per heavy atom. The van der Waals surface area contributed by atoms with Gasteiger partial charge in [0, 0.05) is 0 Å². The second kappa shape index (κ2) is 23.8. The predicted octanol–water partition coefficient (Wildman–Crippen LogP) is 2.24. The van der Waals surface area contributed by atoms with E-state index in [1.54, 1.807) is 11.8 Å². The van der Waals surface area contributed by atoms with Crippen molar-refractivity contribution in [3.8, 4) is 0 Å². The number of aliphatic hydroxyl groups is 2. The lowest BCUT2D eigenvalue weighted by Crippen LogP contribution is -2.57. The Hall–Kier alpha value is -3.63. The maximum atomic E-state index is 12.9. The zero-order valence-electron chi connectivity index (χ0n) is 28.7. The fourth-order valence-electron chi connectivity index (χ4n) is 5.96. The molecule has 2 aliphatic rings. The number of unbranched alkanes of at least 4 members (excludes halogenated alkanes) is 1. The van der Waals surface area contributed by atoms with E-state index in [9.17, 15) is 39.3 Å². The number of nitrogens with two attached hydrogens (primary N) is 1. The molecular formula is C37H55N5O8S2. The smallest absolute Gasteiger partial charge is 0.326 e. The summed E-state index contributed by atoms with van der Waals surface area (Å²) in [6.07, 6.45) is 3.46. The molecule has 2 saturated heterocycles. The molecule has 4 amide bonds. The van der Waals surface area contributed by atoms with Gasteiger partial charge in [0.15, 0.2) is 6.29 Å². The summed E-state index contributed by atoms with van der Waals surface area (Å²) in [7, 11) is 0. The fraction of sp³-hybridized carbons (Fsp3) is 0.541. The number of aliphatic carboxylic acids is 1. The minimum absolute atomic E-state index is 0.